The molecule has 1 aromatic carbocycles. The lowest BCUT2D eigenvalue weighted by atomic mass is 10.2. The molecule has 1 N–H and O–H groups in total. The maximum Gasteiger partial charge on any atom is 0.348 e. The van der Waals surface area contributed by atoms with E-state index in [9.17, 15) is 10.1 Å². The summed E-state index contributed by atoms with van der Waals surface area (Å²) in [7, 11) is 1.79. The van der Waals surface area contributed by atoms with Crippen molar-refractivity contribution in [1.82, 2.24) is 10.3 Å². The highest BCUT2D eigenvalue weighted by Gasteiger charge is 2.23. The van der Waals surface area contributed by atoms with Gasteiger partial charge >= 0.3 is 11.6 Å². The van der Waals surface area contributed by atoms with Crippen LogP contribution < -0.4 is 10.1 Å². The van der Waals surface area contributed by atoms with E-state index < -0.39 is 10.6 Å². The molecule has 7 nitrogen and oxygen atoms in total. The van der Waals surface area contributed by atoms with Gasteiger partial charge in [-0.05, 0) is 19.2 Å². The van der Waals surface area contributed by atoms with Crippen molar-refractivity contribution in [2.45, 2.75) is 6.54 Å². The monoisotopic (exact) mass is 284 g/mol. The standard InChI is InChI=1S/C14H12N4O3/c1-16-9-11-4-2-3-5-12(11)21-14-13(18(19)20)10(8-15)6-7-17-14/h2-7,16H,9H2,1H3. The van der Waals surface area contributed by atoms with Crippen LogP contribution in [0.25, 0.3) is 0 Å². The van der Waals surface area contributed by atoms with E-state index in [2.05, 4.69) is 10.3 Å². The topological polar surface area (TPSA) is 101 Å². The largest absolute Gasteiger partial charge is 0.433 e. The third kappa shape index (κ3) is 3.13. The number of pyridine rings is 1. The van der Waals surface area contributed by atoms with Gasteiger partial charge in [-0.25, -0.2) is 4.98 Å². The molecule has 0 aliphatic heterocycles. The van der Waals surface area contributed by atoms with Gasteiger partial charge < -0.3 is 10.1 Å². The number of hydrogen-bond acceptors (Lipinski definition) is 6. The number of nitrogens with one attached hydrogen (secondary N) is 1. The van der Waals surface area contributed by atoms with Gasteiger partial charge in [-0.15, -0.1) is 0 Å². The summed E-state index contributed by atoms with van der Waals surface area (Å²) in [6.45, 7) is 0.544. The van der Waals surface area contributed by atoms with Crippen molar-refractivity contribution in [3.05, 3.63) is 57.8 Å². The number of rotatable bonds is 5. The third-order valence-corrected chi connectivity index (χ3v) is 2.74. The number of ether oxygens (including phenoxy) is 1. The molecule has 0 aliphatic carbocycles. The Labute approximate surface area is 121 Å². The second kappa shape index (κ2) is 6.45. The van der Waals surface area contributed by atoms with Crippen molar-refractivity contribution in [2.24, 2.45) is 0 Å². The van der Waals surface area contributed by atoms with E-state index >= 15 is 0 Å². The number of hydrogen-bond donors (Lipinski definition) is 1. The molecule has 21 heavy (non-hydrogen) atoms. The van der Waals surface area contributed by atoms with Crippen molar-refractivity contribution in [3.63, 3.8) is 0 Å². The first-order valence-corrected chi connectivity index (χ1v) is 6.11. The van der Waals surface area contributed by atoms with Gasteiger partial charge in [-0.3, -0.25) is 10.1 Å². The lowest BCUT2D eigenvalue weighted by Gasteiger charge is -2.10. The maximum absolute atomic E-state index is 11.1. The van der Waals surface area contributed by atoms with E-state index in [1.807, 2.05) is 12.1 Å². The van der Waals surface area contributed by atoms with Crippen molar-refractivity contribution >= 4 is 5.69 Å². The minimum Gasteiger partial charge on any atom is -0.433 e. The molecule has 0 bridgehead atoms. The Hall–Kier alpha value is -2.98. The molecule has 1 heterocycles. The number of nitro groups is 1. The lowest BCUT2D eigenvalue weighted by Crippen LogP contribution is -2.07. The van der Waals surface area contributed by atoms with Crippen LogP contribution in [0.15, 0.2) is 36.5 Å². The molecule has 0 amide bonds. The minimum absolute atomic E-state index is 0.0869. The fourth-order valence-electron chi connectivity index (χ4n) is 1.82. The number of benzene rings is 1. The van der Waals surface area contributed by atoms with Crippen LogP contribution in [0.5, 0.6) is 11.6 Å². The first-order valence-electron chi connectivity index (χ1n) is 6.11. The molecule has 0 fully saturated rings. The molecule has 7 heteroatoms. The summed E-state index contributed by atoms with van der Waals surface area (Å²) in [5.41, 5.74) is 0.314. The molecule has 0 spiro atoms. The number of nitrogens with zero attached hydrogens (tertiary/aromatic N) is 3. The molecular weight excluding hydrogens is 272 g/mol. The molecule has 0 saturated heterocycles. The number of nitriles is 1. The predicted octanol–water partition coefficient (Wildman–Crippen LogP) is 2.37. The normalized spacial score (nSPS) is 9.90. The smallest absolute Gasteiger partial charge is 0.348 e. The van der Waals surface area contributed by atoms with E-state index in [-0.39, 0.29) is 11.4 Å². The zero-order valence-electron chi connectivity index (χ0n) is 11.2. The van der Waals surface area contributed by atoms with Gasteiger partial charge in [-0.1, -0.05) is 18.2 Å². The van der Waals surface area contributed by atoms with Crippen molar-refractivity contribution in [1.29, 1.82) is 5.26 Å². The molecule has 0 saturated carbocycles. The molecule has 0 atom stereocenters. The van der Waals surface area contributed by atoms with Gasteiger partial charge in [0, 0.05) is 18.3 Å². The summed E-state index contributed by atoms with van der Waals surface area (Å²) in [4.78, 5) is 14.3. The fraction of sp³-hybridized carbons (Fsp3) is 0.143. The SMILES string of the molecule is CNCc1ccccc1Oc1nccc(C#N)c1[N+](=O)[O-]. The number of aromatic nitrogens is 1. The van der Waals surface area contributed by atoms with Gasteiger partial charge in [0.2, 0.25) is 0 Å². The van der Waals surface area contributed by atoms with Crippen LogP contribution in [0.4, 0.5) is 5.69 Å². The van der Waals surface area contributed by atoms with Gasteiger partial charge in [-0.2, -0.15) is 5.26 Å². The highest BCUT2D eigenvalue weighted by atomic mass is 16.6. The highest BCUT2D eigenvalue weighted by Crippen LogP contribution is 2.33. The second-order valence-corrected chi connectivity index (χ2v) is 4.12. The van der Waals surface area contributed by atoms with Crippen molar-refractivity contribution in [3.8, 4) is 17.7 Å². The van der Waals surface area contributed by atoms with Gasteiger partial charge in [0.05, 0.1) is 4.92 Å². The van der Waals surface area contributed by atoms with E-state index in [1.165, 1.54) is 12.3 Å². The van der Waals surface area contributed by atoms with Crippen LogP contribution in [-0.2, 0) is 6.54 Å². The van der Waals surface area contributed by atoms with E-state index in [4.69, 9.17) is 10.00 Å². The Morgan fingerprint density at radius 1 is 1.43 bits per heavy atom. The quantitative estimate of drug-likeness (QED) is 0.668. The number of para-hydroxylation sites is 1. The summed E-state index contributed by atoms with van der Waals surface area (Å²) in [5.74, 6) is 0.264. The molecule has 0 radical (unpaired) electrons. The summed E-state index contributed by atoms with van der Waals surface area (Å²) in [6.07, 6.45) is 1.31. The average molecular weight is 284 g/mol. The van der Waals surface area contributed by atoms with Crippen molar-refractivity contribution in [2.75, 3.05) is 7.05 Å². The second-order valence-electron chi connectivity index (χ2n) is 4.12. The van der Waals surface area contributed by atoms with Gasteiger partial charge in [0.15, 0.2) is 0 Å². The summed E-state index contributed by atoms with van der Waals surface area (Å²) < 4.78 is 5.55. The van der Waals surface area contributed by atoms with Crippen LogP contribution in [0, 0.1) is 21.4 Å². The van der Waals surface area contributed by atoms with Crippen LogP contribution in [-0.4, -0.2) is 17.0 Å². The molecule has 106 valence electrons. The minimum atomic E-state index is -0.665. The van der Waals surface area contributed by atoms with Gasteiger partial charge in [0.25, 0.3) is 0 Å². The molecule has 1 aromatic heterocycles. The molecule has 0 aliphatic rings. The Bertz CT molecular complexity index is 710. The summed E-state index contributed by atoms with van der Waals surface area (Å²) in [6, 6.07) is 10.2. The zero-order chi connectivity index (χ0) is 15.2. The first kappa shape index (κ1) is 14.4. The summed E-state index contributed by atoms with van der Waals surface area (Å²) >= 11 is 0. The molecular formula is C14H12N4O3. The average Bonchev–Trinajstić information content (AvgIpc) is 2.49. The zero-order valence-corrected chi connectivity index (χ0v) is 11.2. The van der Waals surface area contributed by atoms with E-state index in [0.717, 1.165) is 5.56 Å². The Kier molecular flexibility index (Phi) is 4.43. The predicted molar refractivity (Wildman–Crippen MR) is 74.9 cm³/mol. The third-order valence-electron chi connectivity index (χ3n) is 2.74. The van der Waals surface area contributed by atoms with Crippen LogP contribution in [0.3, 0.4) is 0 Å². The van der Waals surface area contributed by atoms with Crippen LogP contribution in [0.2, 0.25) is 0 Å². The molecule has 2 rings (SSSR count). The Morgan fingerprint density at radius 3 is 2.86 bits per heavy atom. The lowest BCUT2D eigenvalue weighted by molar-refractivity contribution is -0.386. The molecule has 2 aromatic rings. The summed E-state index contributed by atoms with van der Waals surface area (Å²) in [5, 5.41) is 23.1. The molecule has 0 unspecified atom stereocenters. The van der Waals surface area contributed by atoms with Crippen LogP contribution >= 0.6 is 0 Å². The van der Waals surface area contributed by atoms with E-state index in [1.54, 1.807) is 25.2 Å². The van der Waals surface area contributed by atoms with E-state index in [0.29, 0.717) is 12.3 Å². The fourth-order valence-corrected chi connectivity index (χ4v) is 1.82. The van der Waals surface area contributed by atoms with Crippen LogP contribution in [0.1, 0.15) is 11.1 Å². The Balaban J connectivity index is 2.46. The van der Waals surface area contributed by atoms with Gasteiger partial charge in [0.1, 0.15) is 17.4 Å². The Morgan fingerprint density at radius 2 is 2.19 bits per heavy atom. The highest BCUT2D eigenvalue weighted by molar-refractivity contribution is 5.55. The van der Waals surface area contributed by atoms with Crippen molar-refractivity contribution < 1.29 is 9.66 Å². The first-order chi connectivity index (χ1) is 10.2. The maximum atomic E-state index is 11.1.